The number of methoxy groups -OCH3 is 3. The van der Waals surface area contributed by atoms with Crippen LogP contribution in [0.15, 0.2) is 12.1 Å². The first-order valence-corrected chi connectivity index (χ1v) is 11.5. The van der Waals surface area contributed by atoms with E-state index in [1.165, 1.54) is 21.3 Å². The summed E-state index contributed by atoms with van der Waals surface area (Å²) in [4.78, 5) is 20.4. The number of hydrogen-bond acceptors (Lipinski definition) is 9. The van der Waals surface area contributed by atoms with Crippen molar-refractivity contribution in [3.05, 3.63) is 22.6 Å². The largest absolute Gasteiger partial charge is 0.493 e. The third-order valence-electron chi connectivity index (χ3n) is 5.51. The molecule has 4 N–H and O–H groups in total. The quantitative estimate of drug-likeness (QED) is 0.508. The molecule has 0 spiro atoms. The number of hydrogen-bond donors (Lipinski definition) is 2. The first-order chi connectivity index (χ1) is 16.1. The molecule has 9 nitrogen and oxygen atoms in total. The van der Waals surface area contributed by atoms with E-state index in [2.05, 4.69) is 11.1 Å². The van der Waals surface area contributed by atoms with Gasteiger partial charge in [0, 0.05) is 23.0 Å². The molecule has 0 bridgehead atoms. The van der Waals surface area contributed by atoms with Crippen molar-refractivity contribution in [3.63, 3.8) is 0 Å². The minimum absolute atomic E-state index is 0.0283. The number of anilines is 2. The van der Waals surface area contributed by atoms with Crippen LogP contribution in [0.2, 0.25) is 0 Å². The lowest BCUT2D eigenvalue weighted by atomic mass is 9.96. The highest BCUT2D eigenvalue weighted by Crippen LogP contribution is 2.47. The molecular weight excluding hydrogens is 454 g/mol. The average molecular weight is 484 g/mol. The number of aromatic nitrogens is 1. The van der Waals surface area contributed by atoms with Crippen LogP contribution in [0.25, 0.3) is 21.3 Å². The Bertz CT molecular complexity index is 1260. The number of nitrogen functional groups attached to an aromatic ring is 2. The number of carbonyl (C=O) groups is 1. The highest BCUT2D eigenvalue weighted by Gasteiger charge is 2.29. The smallest absolute Gasteiger partial charge is 0.266 e. The van der Waals surface area contributed by atoms with Crippen LogP contribution in [0.3, 0.4) is 0 Å². The predicted molar refractivity (Wildman–Crippen MR) is 135 cm³/mol. The summed E-state index contributed by atoms with van der Waals surface area (Å²) in [5.41, 5.74) is 14.2. The van der Waals surface area contributed by atoms with Gasteiger partial charge < -0.3 is 30.6 Å². The standard InChI is InChI=1S/C24H29N5O4S/c1-11(2)29(12(3)4)24(30)21-19(26)18-17(14(10-25)22(27)28-23(18)34-21)13-8-15(31-5)20(33-7)16(9-13)32-6/h8-9,11-12H,26H2,1-7H3,(H2,27,28). The molecule has 180 valence electrons. The number of nitrogens with two attached hydrogens (primary N) is 2. The summed E-state index contributed by atoms with van der Waals surface area (Å²) >= 11 is 1.16. The molecule has 3 rings (SSSR count). The van der Waals surface area contributed by atoms with Gasteiger partial charge in [0.25, 0.3) is 5.91 Å². The summed E-state index contributed by atoms with van der Waals surface area (Å²) < 4.78 is 16.4. The zero-order valence-corrected chi connectivity index (χ0v) is 21.2. The maximum atomic E-state index is 13.5. The van der Waals surface area contributed by atoms with Crippen LogP contribution in [-0.4, -0.2) is 49.2 Å². The van der Waals surface area contributed by atoms with Crippen LogP contribution in [0.5, 0.6) is 17.2 Å². The first kappa shape index (κ1) is 24.9. The van der Waals surface area contributed by atoms with Gasteiger partial charge in [-0.15, -0.1) is 11.3 Å². The van der Waals surface area contributed by atoms with E-state index in [0.717, 1.165) is 11.3 Å². The fourth-order valence-electron chi connectivity index (χ4n) is 4.14. The van der Waals surface area contributed by atoms with E-state index < -0.39 is 0 Å². The van der Waals surface area contributed by atoms with Crippen LogP contribution < -0.4 is 25.7 Å². The lowest BCUT2D eigenvalue weighted by Crippen LogP contribution is -2.41. The molecule has 0 unspecified atom stereocenters. The molecule has 1 aromatic carbocycles. The van der Waals surface area contributed by atoms with Gasteiger partial charge in [0.1, 0.15) is 27.2 Å². The molecule has 0 fully saturated rings. The minimum Gasteiger partial charge on any atom is -0.493 e. The van der Waals surface area contributed by atoms with Crippen LogP contribution >= 0.6 is 11.3 Å². The number of rotatable bonds is 7. The molecule has 0 radical (unpaired) electrons. The van der Waals surface area contributed by atoms with Crippen LogP contribution in [0.1, 0.15) is 42.9 Å². The molecule has 2 aromatic heterocycles. The van der Waals surface area contributed by atoms with Gasteiger partial charge in [-0.2, -0.15) is 5.26 Å². The Morgan fingerprint density at radius 3 is 2.06 bits per heavy atom. The van der Waals surface area contributed by atoms with Gasteiger partial charge >= 0.3 is 0 Å². The Balaban J connectivity index is 2.40. The summed E-state index contributed by atoms with van der Waals surface area (Å²) in [5, 5.41) is 10.4. The number of fused-ring (bicyclic) bond motifs is 1. The van der Waals surface area contributed by atoms with Crippen molar-refractivity contribution in [2.45, 2.75) is 39.8 Å². The van der Waals surface area contributed by atoms with E-state index in [1.54, 1.807) is 17.0 Å². The molecule has 0 aliphatic carbocycles. The maximum Gasteiger partial charge on any atom is 0.266 e. The number of amides is 1. The van der Waals surface area contributed by atoms with Gasteiger partial charge in [-0.05, 0) is 45.4 Å². The summed E-state index contributed by atoms with van der Waals surface area (Å²) in [6.07, 6.45) is 0. The number of pyridine rings is 1. The highest BCUT2D eigenvalue weighted by atomic mass is 32.1. The molecule has 10 heteroatoms. The Labute approximate surface area is 202 Å². The fourth-order valence-corrected chi connectivity index (χ4v) is 5.19. The van der Waals surface area contributed by atoms with Gasteiger partial charge in [0.2, 0.25) is 5.75 Å². The molecule has 0 aliphatic heterocycles. The molecule has 0 atom stereocenters. The predicted octanol–water partition coefficient (Wildman–Crippen LogP) is 4.28. The fraction of sp³-hybridized carbons (Fsp3) is 0.375. The lowest BCUT2D eigenvalue weighted by Gasteiger charge is -2.30. The maximum absolute atomic E-state index is 13.5. The number of thiophene rings is 1. The molecule has 0 aliphatic rings. The van der Waals surface area contributed by atoms with Crippen molar-refractivity contribution in [1.29, 1.82) is 5.26 Å². The summed E-state index contributed by atoms with van der Waals surface area (Å²) in [7, 11) is 4.52. The zero-order chi connectivity index (χ0) is 25.3. The second-order valence-electron chi connectivity index (χ2n) is 8.20. The summed E-state index contributed by atoms with van der Waals surface area (Å²) in [5.74, 6) is 1.06. The third-order valence-corrected chi connectivity index (χ3v) is 6.60. The average Bonchev–Trinajstić information content (AvgIpc) is 3.12. The van der Waals surface area contributed by atoms with E-state index in [0.29, 0.717) is 43.5 Å². The molecule has 0 saturated carbocycles. The van der Waals surface area contributed by atoms with Crippen molar-refractivity contribution >= 4 is 39.0 Å². The molecule has 0 saturated heterocycles. The SMILES string of the molecule is COc1cc(-c2c(C#N)c(N)nc3sc(C(=O)N(C(C)C)C(C)C)c(N)c23)cc(OC)c1OC. The second kappa shape index (κ2) is 9.65. The van der Waals surface area contributed by atoms with Gasteiger partial charge in [0.15, 0.2) is 11.5 Å². The Morgan fingerprint density at radius 2 is 1.62 bits per heavy atom. The Morgan fingerprint density at radius 1 is 1.06 bits per heavy atom. The van der Waals surface area contributed by atoms with Gasteiger partial charge in [-0.3, -0.25) is 4.79 Å². The lowest BCUT2D eigenvalue weighted by molar-refractivity contribution is 0.0650. The van der Waals surface area contributed by atoms with E-state index in [9.17, 15) is 10.1 Å². The van der Waals surface area contributed by atoms with Gasteiger partial charge in [0.05, 0.1) is 27.0 Å². The number of benzene rings is 1. The molecule has 2 heterocycles. The normalized spacial score (nSPS) is 11.1. The number of carbonyl (C=O) groups excluding carboxylic acids is 1. The van der Waals surface area contributed by atoms with E-state index in [4.69, 9.17) is 25.7 Å². The second-order valence-corrected chi connectivity index (χ2v) is 9.20. The van der Waals surface area contributed by atoms with Crippen LogP contribution in [0.4, 0.5) is 11.5 Å². The Hall–Kier alpha value is -3.71. The van der Waals surface area contributed by atoms with E-state index in [1.807, 2.05) is 27.7 Å². The molecule has 34 heavy (non-hydrogen) atoms. The monoisotopic (exact) mass is 483 g/mol. The van der Waals surface area contributed by atoms with Crippen molar-refractivity contribution in [2.24, 2.45) is 0 Å². The zero-order valence-electron chi connectivity index (χ0n) is 20.3. The number of nitriles is 1. The number of nitrogens with zero attached hydrogens (tertiary/aromatic N) is 3. The number of ether oxygens (including phenoxy) is 3. The van der Waals surface area contributed by atoms with Crippen molar-refractivity contribution in [2.75, 3.05) is 32.8 Å². The topological polar surface area (TPSA) is 137 Å². The third kappa shape index (κ3) is 4.03. The Kier molecular flexibility index (Phi) is 7.07. The summed E-state index contributed by atoms with van der Waals surface area (Å²) in [6, 6.07) is 5.50. The summed E-state index contributed by atoms with van der Waals surface area (Å²) in [6.45, 7) is 7.80. The molecular formula is C24H29N5O4S. The van der Waals surface area contributed by atoms with Crippen molar-refractivity contribution in [1.82, 2.24) is 9.88 Å². The van der Waals surface area contributed by atoms with Crippen molar-refractivity contribution in [3.8, 4) is 34.4 Å². The first-order valence-electron chi connectivity index (χ1n) is 10.7. The minimum atomic E-state index is -0.196. The van der Waals surface area contributed by atoms with Crippen LogP contribution in [-0.2, 0) is 0 Å². The van der Waals surface area contributed by atoms with E-state index >= 15 is 0 Å². The van der Waals surface area contributed by atoms with E-state index in [-0.39, 0.29) is 35.1 Å². The van der Waals surface area contributed by atoms with Crippen LogP contribution in [0, 0.1) is 11.3 Å². The molecule has 1 amide bonds. The van der Waals surface area contributed by atoms with Gasteiger partial charge in [-0.25, -0.2) is 4.98 Å². The highest BCUT2D eigenvalue weighted by molar-refractivity contribution is 7.21. The van der Waals surface area contributed by atoms with Crippen molar-refractivity contribution < 1.29 is 19.0 Å². The molecule has 3 aromatic rings. The van der Waals surface area contributed by atoms with Gasteiger partial charge in [-0.1, -0.05) is 0 Å².